The topological polar surface area (TPSA) is 21.3 Å². The van der Waals surface area contributed by atoms with Crippen molar-refractivity contribution in [2.75, 3.05) is 20.2 Å². The van der Waals surface area contributed by atoms with Gasteiger partial charge in [0.1, 0.15) is 5.75 Å². The number of benzene rings is 1. The fraction of sp³-hybridized carbons (Fsp3) is 0.571. The molecule has 0 bridgehead atoms. The van der Waals surface area contributed by atoms with E-state index in [2.05, 4.69) is 18.3 Å². The first kappa shape index (κ1) is 14.0. The Bertz CT molecular complexity index is 463. The summed E-state index contributed by atoms with van der Waals surface area (Å²) in [6, 6.07) is 4.21. The zero-order chi connectivity index (χ0) is 12.0. The minimum atomic E-state index is 0. The standard InChI is InChI=1S/C14H18ClNO.ClH/c1-14-6-5-10-9(11(14)7-16-8-14)3-4-12(17-2)13(10)15;/h3-4,11,16H,5-8H2,1-2H3;1H. The molecule has 1 N–H and O–H groups in total. The minimum absolute atomic E-state index is 0. The van der Waals surface area contributed by atoms with E-state index in [1.807, 2.05) is 6.07 Å². The van der Waals surface area contributed by atoms with E-state index in [9.17, 15) is 0 Å². The van der Waals surface area contributed by atoms with E-state index in [1.165, 1.54) is 17.5 Å². The van der Waals surface area contributed by atoms with Crippen LogP contribution < -0.4 is 10.1 Å². The first-order chi connectivity index (χ1) is 8.15. The molecule has 4 heteroatoms. The molecule has 2 aliphatic rings. The molecule has 1 aromatic rings. The Hall–Kier alpha value is -0.440. The third-order valence-electron chi connectivity index (χ3n) is 4.50. The second-order valence-electron chi connectivity index (χ2n) is 5.49. The van der Waals surface area contributed by atoms with Crippen LogP contribution in [0.3, 0.4) is 0 Å². The van der Waals surface area contributed by atoms with Gasteiger partial charge in [0.15, 0.2) is 0 Å². The smallest absolute Gasteiger partial charge is 0.137 e. The predicted octanol–water partition coefficient (Wildman–Crippen LogP) is 3.41. The summed E-state index contributed by atoms with van der Waals surface area (Å²) in [5, 5.41) is 4.34. The van der Waals surface area contributed by atoms with Gasteiger partial charge in [-0.25, -0.2) is 0 Å². The van der Waals surface area contributed by atoms with Gasteiger partial charge in [-0.3, -0.25) is 0 Å². The van der Waals surface area contributed by atoms with E-state index < -0.39 is 0 Å². The molecule has 18 heavy (non-hydrogen) atoms. The monoisotopic (exact) mass is 287 g/mol. The number of hydrogen-bond donors (Lipinski definition) is 1. The molecule has 1 heterocycles. The van der Waals surface area contributed by atoms with E-state index in [1.54, 1.807) is 7.11 Å². The van der Waals surface area contributed by atoms with Gasteiger partial charge in [0.25, 0.3) is 0 Å². The van der Waals surface area contributed by atoms with Crippen molar-refractivity contribution in [2.24, 2.45) is 5.41 Å². The zero-order valence-corrected chi connectivity index (χ0v) is 12.3. The van der Waals surface area contributed by atoms with E-state index in [0.717, 1.165) is 30.3 Å². The molecule has 0 amide bonds. The van der Waals surface area contributed by atoms with Gasteiger partial charge >= 0.3 is 0 Å². The van der Waals surface area contributed by atoms with Crippen molar-refractivity contribution < 1.29 is 4.74 Å². The fourth-order valence-electron chi connectivity index (χ4n) is 3.38. The lowest BCUT2D eigenvalue weighted by atomic mass is 9.67. The van der Waals surface area contributed by atoms with Crippen LogP contribution in [-0.4, -0.2) is 20.2 Å². The third kappa shape index (κ3) is 1.91. The van der Waals surface area contributed by atoms with E-state index in [4.69, 9.17) is 16.3 Å². The molecule has 2 nitrogen and oxygen atoms in total. The second kappa shape index (κ2) is 4.92. The van der Waals surface area contributed by atoms with Crippen LogP contribution in [0, 0.1) is 5.41 Å². The maximum absolute atomic E-state index is 6.42. The van der Waals surface area contributed by atoms with Gasteiger partial charge in [0.05, 0.1) is 12.1 Å². The Balaban J connectivity index is 0.00000120. The van der Waals surface area contributed by atoms with Gasteiger partial charge in [0.2, 0.25) is 0 Å². The van der Waals surface area contributed by atoms with Gasteiger partial charge in [-0.1, -0.05) is 24.6 Å². The van der Waals surface area contributed by atoms with Gasteiger partial charge in [0, 0.05) is 19.0 Å². The van der Waals surface area contributed by atoms with E-state index >= 15 is 0 Å². The van der Waals surface area contributed by atoms with Crippen molar-refractivity contribution in [1.29, 1.82) is 0 Å². The summed E-state index contributed by atoms with van der Waals surface area (Å²) >= 11 is 6.42. The Morgan fingerprint density at radius 3 is 2.94 bits per heavy atom. The minimum Gasteiger partial charge on any atom is -0.495 e. The first-order valence-electron chi connectivity index (χ1n) is 6.22. The Labute approximate surface area is 119 Å². The molecule has 1 aliphatic heterocycles. The first-order valence-corrected chi connectivity index (χ1v) is 6.59. The molecular weight excluding hydrogens is 269 g/mol. The number of ether oxygens (including phenoxy) is 1. The molecule has 1 aromatic carbocycles. The fourth-order valence-corrected chi connectivity index (χ4v) is 3.73. The van der Waals surface area contributed by atoms with Crippen LogP contribution in [0.4, 0.5) is 0 Å². The van der Waals surface area contributed by atoms with Crippen LogP contribution in [0.5, 0.6) is 5.75 Å². The van der Waals surface area contributed by atoms with Crippen LogP contribution in [0.15, 0.2) is 12.1 Å². The van der Waals surface area contributed by atoms with Crippen molar-refractivity contribution in [3.8, 4) is 5.75 Å². The van der Waals surface area contributed by atoms with Crippen molar-refractivity contribution >= 4 is 24.0 Å². The van der Waals surface area contributed by atoms with E-state index in [-0.39, 0.29) is 12.4 Å². The molecule has 0 spiro atoms. The number of fused-ring (bicyclic) bond motifs is 3. The highest BCUT2D eigenvalue weighted by molar-refractivity contribution is 6.33. The van der Waals surface area contributed by atoms with Crippen LogP contribution in [-0.2, 0) is 6.42 Å². The molecule has 1 aliphatic carbocycles. The van der Waals surface area contributed by atoms with Crippen LogP contribution in [0.2, 0.25) is 5.02 Å². The van der Waals surface area contributed by atoms with Crippen molar-refractivity contribution in [3.05, 3.63) is 28.3 Å². The SMILES string of the molecule is COc1ccc2c(c1Cl)CCC1(C)CNCC21.Cl. The number of hydrogen-bond acceptors (Lipinski definition) is 2. The molecular formula is C14H19Cl2NO. The molecule has 1 saturated heterocycles. The maximum Gasteiger partial charge on any atom is 0.137 e. The van der Waals surface area contributed by atoms with Gasteiger partial charge in [-0.15, -0.1) is 12.4 Å². The molecule has 0 radical (unpaired) electrons. The molecule has 2 atom stereocenters. The molecule has 100 valence electrons. The van der Waals surface area contributed by atoms with Crippen molar-refractivity contribution in [3.63, 3.8) is 0 Å². The van der Waals surface area contributed by atoms with E-state index in [0.29, 0.717) is 11.3 Å². The summed E-state index contributed by atoms with van der Waals surface area (Å²) < 4.78 is 5.30. The van der Waals surface area contributed by atoms with Crippen molar-refractivity contribution in [1.82, 2.24) is 5.32 Å². The molecule has 3 rings (SSSR count). The number of nitrogens with one attached hydrogen (secondary N) is 1. The molecule has 0 saturated carbocycles. The maximum atomic E-state index is 6.42. The summed E-state index contributed by atoms with van der Waals surface area (Å²) in [6.07, 6.45) is 2.28. The van der Waals surface area contributed by atoms with Crippen LogP contribution in [0.1, 0.15) is 30.4 Å². The van der Waals surface area contributed by atoms with Crippen LogP contribution in [0.25, 0.3) is 0 Å². The summed E-state index contributed by atoms with van der Waals surface area (Å²) in [6.45, 7) is 4.59. The highest BCUT2D eigenvalue weighted by Gasteiger charge is 2.43. The lowest BCUT2D eigenvalue weighted by Gasteiger charge is -2.37. The van der Waals surface area contributed by atoms with Gasteiger partial charge in [-0.2, -0.15) is 0 Å². The highest BCUT2D eigenvalue weighted by atomic mass is 35.5. The lowest BCUT2D eigenvalue weighted by Crippen LogP contribution is -2.30. The normalized spacial score (nSPS) is 29.2. The Morgan fingerprint density at radius 2 is 2.22 bits per heavy atom. The van der Waals surface area contributed by atoms with Crippen LogP contribution >= 0.6 is 24.0 Å². The van der Waals surface area contributed by atoms with Gasteiger partial charge in [-0.05, 0) is 35.4 Å². The number of methoxy groups -OCH3 is 1. The predicted molar refractivity (Wildman–Crippen MR) is 77.3 cm³/mol. The average Bonchev–Trinajstić information content (AvgIpc) is 2.71. The Morgan fingerprint density at radius 1 is 1.44 bits per heavy atom. The highest BCUT2D eigenvalue weighted by Crippen LogP contribution is 2.50. The lowest BCUT2D eigenvalue weighted by molar-refractivity contribution is 0.277. The van der Waals surface area contributed by atoms with Crippen molar-refractivity contribution in [2.45, 2.75) is 25.7 Å². The summed E-state index contributed by atoms with van der Waals surface area (Å²) in [5.41, 5.74) is 3.14. The second-order valence-corrected chi connectivity index (χ2v) is 5.87. The summed E-state index contributed by atoms with van der Waals surface area (Å²) in [5.74, 6) is 1.41. The average molecular weight is 288 g/mol. The largest absolute Gasteiger partial charge is 0.495 e. The number of halogens is 2. The van der Waals surface area contributed by atoms with Gasteiger partial charge < -0.3 is 10.1 Å². The number of rotatable bonds is 1. The zero-order valence-electron chi connectivity index (χ0n) is 10.8. The summed E-state index contributed by atoms with van der Waals surface area (Å²) in [4.78, 5) is 0. The molecule has 1 fully saturated rings. The summed E-state index contributed by atoms with van der Waals surface area (Å²) in [7, 11) is 1.68. The molecule has 2 unspecified atom stereocenters. The Kier molecular flexibility index (Phi) is 3.82. The third-order valence-corrected chi connectivity index (χ3v) is 4.92. The molecule has 0 aromatic heterocycles. The quantitative estimate of drug-likeness (QED) is 0.855.